The number of aromatic amines is 1. The van der Waals surface area contributed by atoms with Crippen molar-refractivity contribution in [1.29, 1.82) is 0 Å². The maximum Gasteiger partial charge on any atom is 0.239 e. The van der Waals surface area contributed by atoms with Crippen LogP contribution >= 0.6 is 0 Å². The van der Waals surface area contributed by atoms with Crippen molar-refractivity contribution in [2.75, 3.05) is 5.73 Å². The summed E-state index contributed by atoms with van der Waals surface area (Å²) in [4.78, 5) is 3.97. The van der Waals surface area contributed by atoms with Crippen LogP contribution in [0, 0.1) is 0 Å². The summed E-state index contributed by atoms with van der Waals surface area (Å²) in [7, 11) is 0. The molecule has 1 aromatic heterocycles. The highest BCUT2D eigenvalue weighted by atomic mass is 15.3. The minimum atomic E-state index is -0.165. The molecule has 68 valence electrons. The number of nitrogens with one attached hydrogen (secondary N) is 1. The summed E-state index contributed by atoms with van der Waals surface area (Å²) in [5, 5.41) is 6.45. The summed E-state index contributed by atoms with van der Waals surface area (Å²) in [6, 6.07) is 0. The van der Waals surface area contributed by atoms with Crippen LogP contribution < -0.4 is 11.5 Å². The van der Waals surface area contributed by atoms with Crippen molar-refractivity contribution in [1.82, 2.24) is 15.2 Å². The van der Waals surface area contributed by atoms with Gasteiger partial charge < -0.3 is 11.5 Å². The smallest absolute Gasteiger partial charge is 0.239 e. The van der Waals surface area contributed by atoms with Gasteiger partial charge in [-0.15, -0.1) is 5.10 Å². The van der Waals surface area contributed by atoms with E-state index in [0.29, 0.717) is 5.95 Å². The van der Waals surface area contributed by atoms with Gasteiger partial charge in [-0.05, 0) is 20.3 Å². The molecule has 0 aliphatic heterocycles. The van der Waals surface area contributed by atoms with Crippen LogP contribution in [0.3, 0.4) is 0 Å². The lowest BCUT2D eigenvalue weighted by Gasteiger charge is -2.16. The van der Waals surface area contributed by atoms with Gasteiger partial charge in [0.2, 0.25) is 5.95 Å². The molecule has 0 fully saturated rings. The molecule has 0 saturated carbocycles. The van der Waals surface area contributed by atoms with Crippen LogP contribution in [-0.2, 0) is 6.42 Å². The number of aryl methyl sites for hydroxylation is 1. The third kappa shape index (κ3) is 2.87. The molecular formula is C7H15N5. The van der Waals surface area contributed by atoms with E-state index in [4.69, 9.17) is 11.5 Å². The monoisotopic (exact) mass is 169 g/mol. The fourth-order valence-electron chi connectivity index (χ4n) is 0.862. The molecule has 1 aromatic rings. The SMILES string of the molecule is CC(C)(N)CCc1nc(N)n[nH]1. The first kappa shape index (κ1) is 8.99. The number of anilines is 1. The summed E-state index contributed by atoms with van der Waals surface area (Å²) < 4.78 is 0. The fraction of sp³-hybridized carbons (Fsp3) is 0.714. The van der Waals surface area contributed by atoms with Crippen molar-refractivity contribution in [3.05, 3.63) is 5.82 Å². The molecule has 5 heteroatoms. The summed E-state index contributed by atoms with van der Waals surface area (Å²) >= 11 is 0. The van der Waals surface area contributed by atoms with Gasteiger partial charge >= 0.3 is 0 Å². The Labute approximate surface area is 71.6 Å². The number of nitrogen functional groups attached to an aromatic ring is 1. The standard InChI is InChI=1S/C7H15N5/c1-7(2,9)4-3-5-10-6(8)12-11-5/h3-4,9H2,1-2H3,(H3,8,10,11,12). The van der Waals surface area contributed by atoms with Gasteiger partial charge in [0.15, 0.2) is 0 Å². The highest BCUT2D eigenvalue weighted by molar-refractivity contribution is 5.12. The molecule has 5 N–H and O–H groups in total. The molecule has 0 aromatic carbocycles. The molecule has 0 spiro atoms. The van der Waals surface area contributed by atoms with Crippen molar-refractivity contribution in [3.8, 4) is 0 Å². The molecule has 0 aliphatic carbocycles. The molecule has 0 unspecified atom stereocenters. The zero-order valence-electron chi connectivity index (χ0n) is 7.46. The fourth-order valence-corrected chi connectivity index (χ4v) is 0.862. The van der Waals surface area contributed by atoms with Crippen LogP contribution in [-0.4, -0.2) is 20.7 Å². The molecule has 0 bridgehead atoms. The van der Waals surface area contributed by atoms with E-state index in [2.05, 4.69) is 15.2 Å². The van der Waals surface area contributed by atoms with Gasteiger partial charge in [0.25, 0.3) is 0 Å². The highest BCUT2D eigenvalue weighted by Gasteiger charge is 2.11. The van der Waals surface area contributed by atoms with E-state index >= 15 is 0 Å². The molecular weight excluding hydrogens is 154 g/mol. The van der Waals surface area contributed by atoms with Gasteiger partial charge in [-0.2, -0.15) is 4.98 Å². The first-order valence-corrected chi connectivity index (χ1v) is 3.93. The Hall–Kier alpha value is -1.10. The number of H-pyrrole nitrogens is 1. The van der Waals surface area contributed by atoms with Crippen molar-refractivity contribution in [3.63, 3.8) is 0 Å². The maximum atomic E-state index is 5.80. The van der Waals surface area contributed by atoms with E-state index in [0.717, 1.165) is 18.7 Å². The summed E-state index contributed by atoms with van der Waals surface area (Å²) in [6.45, 7) is 3.96. The first-order chi connectivity index (χ1) is 5.47. The summed E-state index contributed by atoms with van der Waals surface area (Å²) in [6.07, 6.45) is 1.65. The van der Waals surface area contributed by atoms with Crippen molar-refractivity contribution in [2.24, 2.45) is 5.73 Å². The molecule has 5 nitrogen and oxygen atoms in total. The van der Waals surface area contributed by atoms with E-state index in [1.807, 2.05) is 13.8 Å². The second-order valence-corrected chi connectivity index (χ2v) is 3.63. The van der Waals surface area contributed by atoms with Crippen molar-refractivity contribution < 1.29 is 0 Å². The number of hydrogen-bond donors (Lipinski definition) is 3. The number of hydrogen-bond acceptors (Lipinski definition) is 4. The van der Waals surface area contributed by atoms with Crippen LogP contribution in [0.4, 0.5) is 5.95 Å². The largest absolute Gasteiger partial charge is 0.367 e. The molecule has 0 radical (unpaired) electrons. The van der Waals surface area contributed by atoms with Crippen LogP contribution in [0.2, 0.25) is 0 Å². The van der Waals surface area contributed by atoms with Crippen LogP contribution in [0.25, 0.3) is 0 Å². The van der Waals surface area contributed by atoms with Crippen molar-refractivity contribution in [2.45, 2.75) is 32.2 Å². The number of aromatic nitrogens is 3. The summed E-state index contributed by atoms with van der Waals surface area (Å²) in [5.74, 6) is 1.09. The van der Waals surface area contributed by atoms with Crippen LogP contribution in [0.5, 0.6) is 0 Å². The molecule has 0 amide bonds. The number of rotatable bonds is 3. The predicted octanol–water partition coefficient (Wildman–Crippen LogP) is 0.0568. The Morgan fingerprint density at radius 2 is 2.17 bits per heavy atom. The molecule has 0 saturated heterocycles. The average Bonchev–Trinajstić information content (AvgIpc) is 2.30. The Bertz CT molecular complexity index is 247. The van der Waals surface area contributed by atoms with Gasteiger partial charge in [-0.1, -0.05) is 0 Å². The normalized spacial score (nSPS) is 11.9. The Kier molecular flexibility index (Phi) is 2.32. The highest BCUT2D eigenvalue weighted by Crippen LogP contribution is 2.07. The topological polar surface area (TPSA) is 93.6 Å². The second kappa shape index (κ2) is 3.10. The molecule has 0 atom stereocenters. The lowest BCUT2D eigenvalue weighted by Crippen LogP contribution is -2.32. The number of nitrogens with two attached hydrogens (primary N) is 2. The molecule has 12 heavy (non-hydrogen) atoms. The molecule has 1 rings (SSSR count). The lowest BCUT2D eigenvalue weighted by atomic mass is 10.0. The van der Waals surface area contributed by atoms with Gasteiger partial charge in [0.1, 0.15) is 5.82 Å². The average molecular weight is 169 g/mol. The van der Waals surface area contributed by atoms with Gasteiger partial charge in [-0.3, -0.25) is 5.10 Å². The zero-order chi connectivity index (χ0) is 9.19. The number of nitrogens with zero attached hydrogens (tertiary/aromatic N) is 2. The Morgan fingerprint density at radius 1 is 1.50 bits per heavy atom. The van der Waals surface area contributed by atoms with E-state index in [1.165, 1.54) is 0 Å². The van der Waals surface area contributed by atoms with Gasteiger partial charge in [0.05, 0.1) is 0 Å². The van der Waals surface area contributed by atoms with Crippen LogP contribution in [0.15, 0.2) is 0 Å². The van der Waals surface area contributed by atoms with E-state index in [1.54, 1.807) is 0 Å². The second-order valence-electron chi connectivity index (χ2n) is 3.63. The van der Waals surface area contributed by atoms with Gasteiger partial charge in [-0.25, -0.2) is 0 Å². The predicted molar refractivity (Wildman–Crippen MR) is 47.4 cm³/mol. The first-order valence-electron chi connectivity index (χ1n) is 3.93. The molecule has 1 heterocycles. The quantitative estimate of drug-likeness (QED) is 0.596. The zero-order valence-corrected chi connectivity index (χ0v) is 7.46. The maximum absolute atomic E-state index is 5.80. The third-order valence-corrected chi connectivity index (χ3v) is 1.56. The van der Waals surface area contributed by atoms with Gasteiger partial charge in [0, 0.05) is 12.0 Å². The Morgan fingerprint density at radius 3 is 2.58 bits per heavy atom. The third-order valence-electron chi connectivity index (χ3n) is 1.56. The lowest BCUT2D eigenvalue weighted by molar-refractivity contribution is 0.471. The Balaban J connectivity index is 2.44. The van der Waals surface area contributed by atoms with Crippen LogP contribution in [0.1, 0.15) is 26.1 Å². The molecule has 0 aliphatic rings. The minimum absolute atomic E-state index is 0.165. The summed E-state index contributed by atoms with van der Waals surface area (Å²) in [5.41, 5.74) is 11.0. The van der Waals surface area contributed by atoms with E-state index < -0.39 is 0 Å². The van der Waals surface area contributed by atoms with Crippen molar-refractivity contribution >= 4 is 5.95 Å². The van der Waals surface area contributed by atoms with E-state index in [-0.39, 0.29) is 5.54 Å². The minimum Gasteiger partial charge on any atom is -0.367 e. The van der Waals surface area contributed by atoms with E-state index in [9.17, 15) is 0 Å².